The fourth-order valence-corrected chi connectivity index (χ4v) is 4.48. The van der Waals surface area contributed by atoms with Crippen molar-refractivity contribution < 1.29 is 19.7 Å². The number of aromatic hydroxyl groups is 1. The molecule has 1 aromatic carbocycles. The zero-order chi connectivity index (χ0) is 17.3. The molecule has 1 unspecified atom stereocenters. The lowest BCUT2D eigenvalue weighted by Gasteiger charge is -2.40. The van der Waals surface area contributed by atoms with Crippen LogP contribution in [0.3, 0.4) is 0 Å². The molecule has 2 N–H and O–H groups in total. The van der Waals surface area contributed by atoms with Gasteiger partial charge < -0.3 is 19.7 Å². The van der Waals surface area contributed by atoms with Crippen LogP contribution >= 0.6 is 0 Å². The summed E-state index contributed by atoms with van der Waals surface area (Å²) in [4.78, 5) is 2.50. The van der Waals surface area contributed by atoms with E-state index < -0.39 is 0 Å². The molecule has 5 heteroatoms. The van der Waals surface area contributed by atoms with Crippen LogP contribution in [0.15, 0.2) is 24.3 Å². The average molecular weight is 347 g/mol. The van der Waals surface area contributed by atoms with E-state index in [1.165, 1.54) is 0 Å². The Hall–Kier alpha value is -1.14. The Morgan fingerprint density at radius 2 is 1.92 bits per heavy atom. The topological polar surface area (TPSA) is 62.2 Å². The van der Waals surface area contributed by atoms with Gasteiger partial charge in [0.05, 0.1) is 25.4 Å². The first-order valence-corrected chi connectivity index (χ1v) is 9.57. The van der Waals surface area contributed by atoms with Crippen molar-refractivity contribution in [2.24, 2.45) is 0 Å². The summed E-state index contributed by atoms with van der Waals surface area (Å²) in [6, 6.07) is 8.01. The normalized spacial score (nSPS) is 31.4. The van der Waals surface area contributed by atoms with Crippen molar-refractivity contribution in [1.82, 2.24) is 4.90 Å². The zero-order valence-corrected chi connectivity index (χ0v) is 14.8. The SMILES string of the molecule is Oc1cccc(CN(CC2CCC3(COC3)O2)C2CCC(O)CC2)c1. The number of aliphatic hydroxyl groups excluding tert-OH is 1. The number of rotatable bonds is 5. The van der Waals surface area contributed by atoms with Gasteiger partial charge in [0, 0.05) is 19.1 Å². The van der Waals surface area contributed by atoms with Gasteiger partial charge in [-0.3, -0.25) is 4.90 Å². The van der Waals surface area contributed by atoms with E-state index in [2.05, 4.69) is 11.0 Å². The van der Waals surface area contributed by atoms with E-state index >= 15 is 0 Å². The monoisotopic (exact) mass is 347 g/mol. The predicted molar refractivity (Wildman–Crippen MR) is 94.4 cm³/mol. The summed E-state index contributed by atoms with van der Waals surface area (Å²) < 4.78 is 11.7. The maximum absolute atomic E-state index is 9.84. The molecule has 1 saturated carbocycles. The molecule has 3 fully saturated rings. The standard InChI is InChI=1S/C20H29NO4/c22-17-6-4-16(5-7-17)21(11-15-2-1-3-18(23)10-15)12-19-8-9-20(25-19)13-24-14-20/h1-3,10,16-17,19,22-23H,4-9,11-14H2. The first kappa shape index (κ1) is 17.3. The van der Waals surface area contributed by atoms with Crippen molar-refractivity contribution in [2.75, 3.05) is 19.8 Å². The van der Waals surface area contributed by atoms with E-state index in [9.17, 15) is 10.2 Å². The zero-order valence-electron chi connectivity index (χ0n) is 14.8. The Bertz CT molecular complexity index is 581. The third-order valence-electron chi connectivity index (χ3n) is 5.99. The Morgan fingerprint density at radius 1 is 1.12 bits per heavy atom. The fraction of sp³-hybridized carbons (Fsp3) is 0.700. The number of nitrogens with zero attached hydrogens (tertiary/aromatic N) is 1. The van der Waals surface area contributed by atoms with Crippen molar-refractivity contribution >= 4 is 0 Å². The minimum atomic E-state index is -0.142. The van der Waals surface area contributed by atoms with E-state index in [4.69, 9.17) is 9.47 Å². The van der Waals surface area contributed by atoms with E-state index in [0.717, 1.165) is 70.4 Å². The maximum atomic E-state index is 9.84. The largest absolute Gasteiger partial charge is 0.508 e. The first-order valence-electron chi connectivity index (χ1n) is 9.57. The summed E-state index contributed by atoms with van der Waals surface area (Å²) in [6.45, 7) is 3.22. The van der Waals surface area contributed by atoms with Crippen LogP contribution in [-0.4, -0.2) is 58.7 Å². The molecule has 0 bridgehead atoms. The lowest BCUT2D eigenvalue weighted by atomic mass is 9.91. The molecule has 1 spiro atoms. The molecule has 2 aliphatic heterocycles. The summed E-state index contributed by atoms with van der Waals surface area (Å²) in [7, 11) is 0. The second-order valence-corrected chi connectivity index (χ2v) is 8.02. The van der Waals surface area contributed by atoms with Gasteiger partial charge in [-0.05, 0) is 56.2 Å². The number of benzene rings is 1. The third kappa shape index (κ3) is 4.00. The first-order chi connectivity index (χ1) is 12.1. The van der Waals surface area contributed by atoms with Gasteiger partial charge in [0.1, 0.15) is 11.4 Å². The Labute approximate surface area is 149 Å². The molecule has 0 aromatic heterocycles. The van der Waals surface area contributed by atoms with Gasteiger partial charge in [-0.1, -0.05) is 12.1 Å². The van der Waals surface area contributed by atoms with Crippen LogP contribution < -0.4 is 0 Å². The van der Waals surface area contributed by atoms with Crippen LogP contribution in [0.1, 0.15) is 44.1 Å². The van der Waals surface area contributed by atoms with Gasteiger partial charge in [-0.25, -0.2) is 0 Å². The third-order valence-corrected chi connectivity index (χ3v) is 5.99. The summed E-state index contributed by atoms with van der Waals surface area (Å²) in [5.41, 5.74) is 1.12. The predicted octanol–water partition coefficient (Wildman–Crippen LogP) is 2.45. The Kier molecular flexibility index (Phi) is 5.00. The van der Waals surface area contributed by atoms with E-state index in [-0.39, 0.29) is 17.8 Å². The molecular formula is C20H29NO4. The molecule has 5 nitrogen and oxygen atoms in total. The molecule has 138 valence electrons. The summed E-state index contributed by atoms with van der Waals surface area (Å²) in [6.07, 6.45) is 6.12. The lowest BCUT2D eigenvalue weighted by molar-refractivity contribution is -0.202. The minimum Gasteiger partial charge on any atom is -0.508 e. The van der Waals surface area contributed by atoms with Crippen LogP contribution in [0.2, 0.25) is 0 Å². The van der Waals surface area contributed by atoms with Crippen molar-refractivity contribution in [3.8, 4) is 5.75 Å². The van der Waals surface area contributed by atoms with Crippen LogP contribution in [0, 0.1) is 0 Å². The highest BCUT2D eigenvalue weighted by Gasteiger charge is 2.46. The molecule has 1 atom stereocenters. The van der Waals surface area contributed by atoms with Crippen molar-refractivity contribution in [2.45, 2.75) is 68.9 Å². The molecule has 25 heavy (non-hydrogen) atoms. The van der Waals surface area contributed by atoms with Crippen LogP contribution in [0.4, 0.5) is 0 Å². The molecule has 1 aromatic rings. The smallest absolute Gasteiger partial charge is 0.115 e. The number of phenols is 1. The summed E-state index contributed by atoms with van der Waals surface area (Å²) in [5.74, 6) is 0.319. The van der Waals surface area contributed by atoms with Gasteiger partial charge in [-0.2, -0.15) is 0 Å². The number of phenolic OH excluding ortho intramolecular Hbond substituents is 1. The van der Waals surface area contributed by atoms with Crippen molar-refractivity contribution in [3.63, 3.8) is 0 Å². The number of aliphatic hydroxyl groups is 1. The molecule has 2 saturated heterocycles. The van der Waals surface area contributed by atoms with Crippen LogP contribution in [0.5, 0.6) is 5.75 Å². The van der Waals surface area contributed by atoms with Crippen molar-refractivity contribution in [3.05, 3.63) is 29.8 Å². The quantitative estimate of drug-likeness (QED) is 0.857. The molecule has 0 amide bonds. The molecule has 3 aliphatic rings. The molecule has 0 radical (unpaired) electrons. The second kappa shape index (κ2) is 7.23. The highest BCUT2D eigenvalue weighted by molar-refractivity contribution is 5.27. The van der Waals surface area contributed by atoms with E-state index in [0.29, 0.717) is 11.8 Å². The maximum Gasteiger partial charge on any atom is 0.115 e. The number of hydrogen-bond acceptors (Lipinski definition) is 5. The Balaban J connectivity index is 1.43. The van der Waals surface area contributed by atoms with Crippen LogP contribution in [0.25, 0.3) is 0 Å². The van der Waals surface area contributed by atoms with Gasteiger partial charge in [0.15, 0.2) is 0 Å². The van der Waals surface area contributed by atoms with E-state index in [1.54, 1.807) is 6.07 Å². The fourth-order valence-electron chi connectivity index (χ4n) is 4.48. The minimum absolute atomic E-state index is 0.00981. The van der Waals surface area contributed by atoms with E-state index in [1.807, 2.05) is 12.1 Å². The van der Waals surface area contributed by atoms with Crippen molar-refractivity contribution in [1.29, 1.82) is 0 Å². The second-order valence-electron chi connectivity index (χ2n) is 8.02. The highest BCUT2D eigenvalue weighted by Crippen LogP contribution is 2.37. The van der Waals surface area contributed by atoms with Gasteiger partial charge in [-0.15, -0.1) is 0 Å². The lowest BCUT2D eigenvalue weighted by Crippen LogP contribution is -2.50. The highest BCUT2D eigenvalue weighted by atomic mass is 16.6. The average Bonchev–Trinajstić information content (AvgIpc) is 3.00. The molecule has 1 aliphatic carbocycles. The number of ether oxygens (including phenoxy) is 2. The van der Waals surface area contributed by atoms with Crippen LogP contribution in [-0.2, 0) is 16.0 Å². The molecule has 2 heterocycles. The molecule has 4 rings (SSSR count). The molecular weight excluding hydrogens is 318 g/mol. The summed E-state index contributed by atoms with van der Waals surface area (Å²) >= 11 is 0. The Morgan fingerprint density at radius 3 is 2.56 bits per heavy atom. The van der Waals surface area contributed by atoms with Gasteiger partial charge >= 0.3 is 0 Å². The van der Waals surface area contributed by atoms with Gasteiger partial charge in [0.2, 0.25) is 0 Å². The number of hydrogen-bond donors (Lipinski definition) is 2. The van der Waals surface area contributed by atoms with Gasteiger partial charge in [0.25, 0.3) is 0 Å². The summed E-state index contributed by atoms with van der Waals surface area (Å²) in [5, 5.41) is 19.6.